The predicted molar refractivity (Wildman–Crippen MR) is 119 cm³/mol. The number of halogens is 1. The van der Waals surface area contributed by atoms with Crippen LogP contribution < -0.4 is 20.3 Å². The average Bonchev–Trinajstić information content (AvgIpc) is 2.76. The van der Waals surface area contributed by atoms with E-state index in [0.717, 1.165) is 17.9 Å². The molecule has 0 saturated carbocycles. The number of piperidine rings is 1. The first-order valence-electron chi connectivity index (χ1n) is 10.6. The van der Waals surface area contributed by atoms with Crippen LogP contribution >= 0.6 is 0 Å². The molecule has 7 heteroatoms. The van der Waals surface area contributed by atoms with Crippen molar-refractivity contribution in [1.29, 1.82) is 0 Å². The van der Waals surface area contributed by atoms with E-state index in [1.807, 2.05) is 54.3 Å². The molecule has 0 aliphatic carbocycles. The molecule has 1 aliphatic rings. The molecule has 2 aromatic rings. The lowest BCUT2D eigenvalue weighted by atomic mass is 10.1. The molecule has 1 aliphatic heterocycles. The van der Waals surface area contributed by atoms with Gasteiger partial charge in [-0.05, 0) is 49.6 Å². The first-order chi connectivity index (χ1) is 14.7. The molecule has 0 aromatic heterocycles. The van der Waals surface area contributed by atoms with Crippen LogP contribution in [0.3, 0.4) is 0 Å². The fraction of sp³-hybridized carbons (Fsp3) is 0.435. The van der Waals surface area contributed by atoms with Gasteiger partial charge in [0.2, 0.25) is 0 Å². The molecule has 162 valence electrons. The summed E-state index contributed by atoms with van der Waals surface area (Å²) < 4.78 is 20.3. The monoisotopic (exact) mass is 414 g/mol. The maximum Gasteiger partial charge on any atom is 0.191 e. The minimum Gasteiger partial charge on any atom is -0.492 e. The number of hydrogen-bond acceptors (Lipinski definition) is 4. The lowest BCUT2D eigenvalue weighted by Crippen LogP contribution is -2.39. The number of guanidine groups is 1. The third kappa shape index (κ3) is 6.62. The van der Waals surface area contributed by atoms with Gasteiger partial charge in [-0.2, -0.15) is 0 Å². The average molecular weight is 415 g/mol. The van der Waals surface area contributed by atoms with Gasteiger partial charge in [-0.3, -0.25) is 0 Å². The number of aliphatic hydroxyl groups is 1. The zero-order valence-electron chi connectivity index (χ0n) is 17.5. The van der Waals surface area contributed by atoms with Gasteiger partial charge in [0, 0.05) is 19.6 Å². The first-order valence-corrected chi connectivity index (χ1v) is 10.6. The van der Waals surface area contributed by atoms with Crippen LogP contribution in [0.1, 0.15) is 25.3 Å². The van der Waals surface area contributed by atoms with E-state index in [0.29, 0.717) is 57.3 Å². The number of anilines is 1. The number of ether oxygens (including phenoxy) is 1. The summed E-state index contributed by atoms with van der Waals surface area (Å²) in [5.74, 6) is 1.26. The molecule has 0 unspecified atom stereocenters. The summed E-state index contributed by atoms with van der Waals surface area (Å²) in [6.45, 7) is 5.59. The highest BCUT2D eigenvalue weighted by Gasteiger charge is 2.19. The quantitative estimate of drug-likeness (QED) is 0.352. The van der Waals surface area contributed by atoms with Gasteiger partial charge in [-0.25, -0.2) is 9.38 Å². The fourth-order valence-electron chi connectivity index (χ4n) is 3.38. The van der Waals surface area contributed by atoms with Crippen molar-refractivity contribution in [1.82, 2.24) is 10.6 Å². The van der Waals surface area contributed by atoms with E-state index in [2.05, 4.69) is 15.6 Å². The maximum atomic E-state index is 14.6. The summed E-state index contributed by atoms with van der Waals surface area (Å²) in [5, 5.41) is 16.1. The van der Waals surface area contributed by atoms with E-state index in [-0.39, 0.29) is 11.9 Å². The molecular formula is C23H31FN4O2. The van der Waals surface area contributed by atoms with Crippen LogP contribution in [-0.4, -0.2) is 50.0 Å². The van der Waals surface area contributed by atoms with Crippen molar-refractivity contribution in [2.24, 2.45) is 4.99 Å². The minimum atomic E-state index is -0.270. The summed E-state index contributed by atoms with van der Waals surface area (Å²) in [6.07, 6.45) is 1.09. The standard InChI is InChI=1S/C23H31FN4O2/c1-2-25-23(26-12-15-30-20-6-4-3-5-7-20)27-17-18-8-9-22(21(24)16-18)28-13-10-19(29)11-14-28/h3-9,16,19,29H,2,10-15,17H2,1H3,(H2,25,26,27). The molecule has 3 rings (SSSR count). The van der Waals surface area contributed by atoms with Gasteiger partial charge in [0.05, 0.1) is 24.9 Å². The summed E-state index contributed by atoms with van der Waals surface area (Å²) in [7, 11) is 0. The van der Waals surface area contributed by atoms with Gasteiger partial charge in [-0.1, -0.05) is 24.3 Å². The zero-order chi connectivity index (χ0) is 21.2. The maximum absolute atomic E-state index is 14.6. The summed E-state index contributed by atoms with van der Waals surface area (Å²) in [6, 6.07) is 14.9. The number of nitrogens with zero attached hydrogens (tertiary/aromatic N) is 2. The Morgan fingerprint density at radius 2 is 1.93 bits per heavy atom. The van der Waals surface area contributed by atoms with Crippen molar-refractivity contribution < 1.29 is 14.2 Å². The Labute approximate surface area is 177 Å². The Morgan fingerprint density at radius 3 is 2.63 bits per heavy atom. The Bertz CT molecular complexity index is 808. The molecule has 0 radical (unpaired) electrons. The van der Waals surface area contributed by atoms with Crippen molar-refractivity contribution in [3.05, 3.63) is 59.9 Å². The summed E-state index contributed by atoms with van der Waals surface area (Å²) >= 11 is 0. The molecule has 1 fully saturated rings. The zero-order valence-corrected chi connectivity index (χ0v) is 17.5. The predicted octanol–water partition coefficient (Wildman–Crippen LogP) is 2.92. The van der Waals surface area contributed by atoms with Crippen molar-refractivity contribution in [3.63, 3.8) is 0 Å². The Morgan fingerprint density at radius 1 is 1.17 bits per heavy atom. The first kappa shape index (κ1) is 21.9. The molecule has 1 heterocycles. The van der Waals surface area contributed by atoms with Crippen molar-refractivity contribution in [2.45, 2.75) is 32.4 Å². The van der Waals surface area contributed by atoms with Gasteiger partial charge in [0.25, 0.3) is 0 Å². The molecule has 3 N–H and O–H groups in total. The van der Waals surface area contributed by atoms with Gasteiger partial charge in [0.15, 0.2) is 5.96 Å². The van der Waals surface area contributed by atoms with Gasteiger partial charge < -0.3 is 25.4 Å². The van der Waals surface area contributed by atoms with Crippen molar-refractivity contribution in [3.8, 4) is 5.75 Å². The molecule has 0 bridgehead atoms. The van der Waals surface area contributed by atoms with Crippen LogP contribution in [0.25, 0.3) is 0 Å². The highest BCUT2D eigenvalue weighted by molar-refractivity contribution is 5.79. The van der Waals surface area contributed by atoms with Gasteiger partial charge >= 0.3 is 0 Å². The number of para-hydroxylation sites is 1. The van der Waals surface area contributed by atoms with Crippen LogP contribution in [0.15, 0.2) is 53.5 Å². The third-order valence-corrected chi connectivity index (χ3v) is 4.99. The largest absolute Gasteiger partial charge is 0.492 e. The number of benzene rings is 2. The Hall–Kier alpha value is -2.80. The summed E-state index contributed by atoms with van der Waals surface area (Å²) in [5.41, 5.74) is 1.41. The van der Waals surface area contributed by atoms with E-state index in [1.54, 1.807) is 6.07 Å². The van der Waals surface area contributed by atoms with Gasteiger partial charge in [0.1, 0.15) is 18.2 Å². The van der Waals surface area contributed by atoms with E-state index in [1.165, 1.54) is 0 Å². The molecule has 0 atom stereocenters. The smallest absolute Gasteiger partial charge is 0.191 e. The SMILES string of the molecule is CCNC(=NCc1ccc(N2CCC(O)CC2)c(F)c1)NCCOc1ccccc1. The van der Waals surface area contributed by atoms with Gasteiger partial charge in [-0.15, -0.1) is 0 Å². The van der Waals surface area contributed by atoms with E-state index in [9.17, 15) is 9.50 Å². The molecule has 30 heavy (non-hydrogen) atoms. The Kier molecular flexibility index (Phi) is 8.32. The lowest BCUT2D eigenvalue weighted by molar-refractivity contribution is 0.145. The molecule has 2 aromatic carbocycles. The second-order valence-corrected chi connectivity index (χ2v) is 7.29. The van der Waals surface area contributed by atoms with Crippen LogP contribution in [0.4, 0.5) is 10.1 Å². The van der Waals surface area contributed by atoms with Crippen LogP contribution in [0, 0.1) is 5.82 Å². The highest BCUT2D eigenvalue weighted by Crippen LogP contribution is 2.24. The molecule has 6 nitrogen and oxygen atoms in total. The number of hydrogen-bond donors (Lipinski definition) is 3. The molecule has 0 amide bonds. The number of aliphatic hydroxyl groups excluding tert-OH is 1. The second-order valence-electron chi connectivity index (χ2n) is 7.29. The van der Waals surface area contributed by atoms with E-state index >= 15 is 0 Å². The topological polar surface area (TPSA) is 69.1 Å². The number of aliphatic imine (C=N–C) groups is 1. The second kappa shape index (κ2) is 11.4. The molecule has 1 saturated heterocycles. The normalized spacial score (nSPS) is 15.2. The Balaban J connectivity index is 1.51. The van der Waals surface area contributed by atoms with E-state index < -0.39 is 0 Å². The fourth-order valence-corrected chi connectivity index (χ4v) is 3.38. The molecular weight excluding hydrogens is 383 g/mol. The van der Waals surface area contributed by atoms with Crippen molar-refractivity contribution in [2.75, 3.05) is 37.7 Å². The van der Waals surface area contributed by atoms with Crippen LogP contribution in [-0.2, 0) is 6.54 Å². The summed E-state index contributed by atoms with van der Waals surface area (Å²) in [4.78, 5) is 6.54. The van der Waals surface area contributed by atoms with Crippen LogP contribution in [0.2, 0.25) is 0 Å². The van der Waals surface area contributed by atoms with Crippen molar-refractivity contribution >= 4 is 11.6 Å². The highest BCUT2D eigenvalue weighted by atomic mass is 19.1. The third-order valence-electron chi connectivity index (χ3n) is 4.99. The lowest BCUT2D eigenvalue weighted by Gasteiger charge is -2.31. The van der Waals surface area contributed by atoms with E-state index in [4.69, 9.17) is 4.74 Å². The number of rotatable bonds is 8. The van der Waals surface area contributed by atoms with Crippen LogP contribution in [0.5, 0.6) is 5.75 Å². The number of nitrogens with one attached hydrogen (secondary N) is 2. The minimum absolute atomic E-state index is 0.242. The molecule has 0 spiro atoms.